The van der Waals surface area contributed by atoms with Gasteiger partial charge < -0.3 is 5.73 Å². The molecule has 0 spiro atoms. The van der Waals surface area contributed by atoms with Crippen LogP contribution in [-0.2, 0) is 6.42 Å². The van der Waals surface area contributed by atoms with Crippen molar-refractivity contribution in [2.45, 2.75) is 32.4 Å². The summed E-state index contributed by atoms with van der Waals surface area (Å²) >= 11 is 1.96. The first-order valence-electron chi connectivity index (χ1n) is 5.54. The molecule has 2 heterocycles. The summed E-state index contributed by atoms with van der Waals surface area (Å²) in [6, 6.07) is 2.93. The van der Waals surface area contributed by atoms with E-state index in [0.29, 0.717) is 18.0 Å². The van der Waals surface area contributed by atoms with Crippen molar-refractivity contribution in [3.63, 3.8) is 0 Å². The fourth-order valence-electron chi connectivity index (χ4n) is 1.87. The Bertz CT molecular complexity index is 321. The molecule has 84 valence electrons. The van der Waals surface area contributed by atoms with Crippen LogP contribution in [0.15, 0.2) is 12.3 Å². The van der Waals surface area contributed by atoms with E-state index >= 15 is 0 Å². The average Bonchev–Trinajstić information content (AvgIpc) is 2.77. The van der Waals surface area contributed by atoms with E-state index in [-0.39, 0.29) is 0 Å². The van der Waals surface area contributed by atoms with Crippen LogP contribution < -0.4 is 5.73 Å². The van der Waals surface area contributed by atoms with Crippen LogP contribution in [0.1, 0.15) is 25.6 Å². The molecule has 0 saturated carbocycles. The lowest BCUT2D eigenvalue weighted by Crippen LogP contribution is -2.29. The third-order valence-electron chi connectivity index (χ3n) is 2.91. The van der Waals surface area contributed by atoms with Crippen LogP contribution >= 0.6 is 11.8 Å². The molecule has 2 rings (SSSR count). The highest BCUT2D eigenvalue weighted by Crippen LogP contribution is 2.25. The summed E-state index contributed by atoms with van der Waals surface area (Å²) < 4.78 is 2.02. The van der Waals surface area contributed by atoms with Gasteiger partial charge in [-0.25, -0.2) is 0 Å². The van der Waals surface area contributed by atoms with Crippen LogP contribution in [0, 0.1) is 5.92 Å². The van der Waals surface area contributed by atoms with Crippen LogP contribution in [0.2, 0.25) is 0 Å². The number of thioether (sulfide) groups is 1. The highest BCUT2D eigenvalue weighted by Gasteiger charge is 2.25. The van der Waals surface area contributed by atoms with Crippen molar-refractivity contribution >= 4 is 11.8 Å². The standard InChI is InChI=1S/C11H19N3S/c1-8(2)14-4-3-10(13-14)5-9-6-15-7-11(9)12/h3-4,8-9,11H,5-7,12H2,1-2H3. The molecular weight excluding hydrogens is 206 g/mol. The van der Waals surface area contributed by atoms with E-state index < -0.39 is 0 Å². The fourth-order valence-corrected chi connectivity index (χ4v) is 3.22. The van der Waals surface area contributed by atoms with Crippen LogP contribution in [0.3, 0.4) is 0 Å². The van der Waals surface area contributed by atoms with Gasteiger partial charge in [0.05, 0.1) is 5.69 Å². The summed E-state index contributed by atoms with van der Waals surface area (Å²) in [5.74, 6) is 2.91. The Morgan fingerprint density at radius 2 is 2.40 bits per heavy atom. The van der Waals surface area contributed by atoms with Crippen molar-refractivity contribution < 1.29 is 0 Å². The first-order chi connectivity index (χ1) is 7.16. The maximum atomic E-state index is 6.04. The van der Waals surface area contributed by atoms with Gasteiger partial charge >= 0.3 is 0 Å². The van der Waals surface area contributed by atoms with Crippen LogP contribution in [0.4, 0.5) is 0 Å². The minimum Gasteiger partial charge on any atom is -0.327 e. The van der Waals surface area contributed by atoms with Crippen LogP contribution in [0.25, 0.3) is 0 Å². The van der Waals surface area contributed by atoms with Crippen LogP contribution in [0.5, 0.6) is 0 Å². The van der Waals surface area contributed by atoms with E-state index in [1.54, 1.807) is 0 Å². The lowest BCUT2D eigenvalue weighted by Gasteiger charge is -2.12. The van der Waals surface area contributed by atoms with Crippen molar-refractivity contribution in [3.05, 3.63) is 18.0 Å². The normalized spacial score (nSPS) is 26.4. The molecule has 1 saturated heterocycles. The molecule has 0 bridgehead atoms. The minimum absolute atomic E-state index is 0.360. The Hall–Kier alpha value is -0.480. The molecule has 1 fully saturated rings. The summed E-state index contributed by atoms with van der Waals surface area (Å²) in [6.45, 7) is 4.29. The van der Waals surface area contributed by atoms with Gasteiger partial charge in [-0.3, -0.25) is 4.68 Å². The molecule has 4 heteroatoms. The highest BCUT2D eigenvalue weighted by atomic mass is 32.2. The molecule has 1 aromatic rings. The van der Waals surface area contributed by atoms with E-state index in [1.807, 2.05) is 16.4 Å². The molecule has 0 aliphatic carbocycles. The first kappa shape index (κ1) is 11.0. The maximum absolute atomic E-state index is 6.04. The second-order valence-electron chi connectivity index (χ2n) is 4.55. The lowest BCUT2D eigenvalue weighted by atomic mass is 9.99. The molecule has 0 aromatic carbocycles. The van der Waals surface area contributed by atoms with Gasteiger partial charge in [0, 0.05) is 24.0 Å². The molecule has 0 amide bonds. The molecule has 1 aliphatic rings. The van der Waals surface area contributed by atoms with Gasteiger partial charge in [0.25, 0.3) is 0 Å². The second-order valence-corrected chi connectivity index (χ2v) is 5.62. The predicted molar refractivity (Wildman–Crippen MR) is 65.1 cm³/mol. The number of aromatic nitrogens is 2. The summed E-state index contributed by atoms with van der Waals surface area (Å²) in [4.78, 5) is 0. The van der Waals surface area contributed by atoms with E-state index in [2.05, 4.69) is 31.2 Å². The van der Waals surface area contributed by atoms with Crippen molar-refractivity contribution in [2.75, 3.05) is 11.5 Å². The quantitative estimate of drug-likeness (QED) is 0.851. The smallest absolute Gasteiger partial charge is 0.0628 e. The van der Waals surface area contributed by atoms with Crippen molar-refractivity contribution in [1.29, 1.82) is 0 Å². The van der Waals surface area contributed by atoms with E-state index in [9.17, 15) is 0 Å². The van der Waals surface area contributed by atoms with Gasteiger partial charge in [-0.2, -0.15) is 16.9 Å². The topological polar surface area (TPSA) is 43.8 Å². The van der Waals surface area contributed by atoms with Crippen molar-refractivity contribution in [1.82, 2.24) is 9.78 Å². The van der Waals surface area contributed by atoms with E-state index in [1.165, 1.54) is 11.4 Å². The Morgan fingerprint density at radius 1 is 1.60 bits per heavy atom. The number of hydrogen-bond acceptors (Lipinski definition) is 3. The minimum atomic E-state index is 0.360. The molecule has 1 aliphatic heterocycles. The predicted octanol–water partition coefficient (Wildman–Crippen LogP) is 1.70. The largest absolute Gasteiger partial charge is 0.327 e. The summed E-state index contributed by atoms with van der Waals surface area (Å²) in [5, 5.41) is 4.56. The van der Waals surface area contributed by atoms with Crippen molar-refractivity contribution in [2.24, 2.45) is 11.7 Å². The lowest BCUT2D eigenvalue weighted by molar-refractivity contribution is 0.488. The van der Waals surface area contributed by atoms with Gasteiger partial charge in [-0.1, -0.05) is 0 Å². The van der Waals surface area contributed by atoms with Gasteiger partial charge in [0.1, 0.15) is 0 Å². The van der Waals surface area contributed by atoms with E-state index in [0.717, 1.165) is 12.2 Å². The zero-order valence-electron chi connectivity index (χ0n) is 9.39. The molecular formula is C11H19N3S. The molecule has 15 heavy (non-hydrogen) atoms. The van der Waals surface area contributed by atoms with Gasteiger partial charge in [-0.05, 0) is 38.0 Å². The third kappa shape index (κ3) is 2.55. The summed E-state index contributed by atoms with van der Waals surface area (Å²) in [6.07, 6.45) is 3.10. The molecule has 2 unspecified atom stereocenters. The average molecular weight is 225 g/mol. The Labute approximate surface area is 95.4 Å². The summed E-state index contributed by atoms with van der Waals surface area (Å²) in [5.41, 5.74) is 7.22. The van der Waals surface area contributed by atoms with Gasteiger partial charge in [0.15, 0.2) is 0 Å². The zero-order chi connectivity index (χ0) is 10.8. The molecule has 2 N–H and O–H groups in total. The van der Waals surface area contributed by atoms with Gasteiger partial charge in [-0.15, -0.1) is 0 Å². The SMILES string of the molecule is CC(C)n1ccc(CC2CSCC2N)n1. The number of rotatable bonds is 3. The van der Waals surface area contributed by atoms with Crippen LogP contribution in [-0.4, -0.2) is 27.3 Å². The number of nitrogens with two attached hydrogens (primary N) is 1. The Morgan fingerprint density at radius 3 is 2.93 bits per heavy atom. The summed E-state index contributed by atoms with van der Waals surface area (Å²) in [7, 11) is 0. The maximum Gasteiger partial charge on any atom is 0.0628 e. The molecule has 1 aromatic heterocycles. The third-order valence-corrected chi connectivity index (χ3v) is 4.20. The van der Waals surface area contributed by atoms with E-state index in [4.69, 9.17) is 5.73 Å². The first-order valence-corrected chi connectivity index (χ1v) is 6.69. The van der Waals surface area contributed by atoms with Crippen molar-refractivity contribution in [3.8, 4) is 0 Å². The number of hydrogen-bond donors (Lipinski definition) is 1. The monoisotopic (exact) mass is 225 g/mol. The Balaban J connectivity index is 1.98. The molecule has 3 nitrogen and oxygen atoms in total. The fraction of sp³-hybridized carbons (Fsp3) is 0.727. The Kier molecular flexibility index (Phi) is 3.36. The molecule has 0 radical (unpaired) electrons. The molecule has 2 atom stereocenters. The van der Waals surface area contributed by atoms with Gasteiger partial charge in [0.2, 0.25) is 0 Å². The highest BCUT2D eigenvalue weighted by molar-refractivity contribution is 7.99. The zero-order valence-corrected chi connectivity index (χ0v) is 10.2. The number of nitrogens with zero attached hydrogens (tertiary/aromatic N) is 2. The second kappa shape index (κ2) is 4.58.